The summed E-state index contributed by atoms with van der Waals surface area (Å²) in [6.45, 7) is 3.97. The van der Waals surface area contributed by atoms with E-state index in [4.69, 9.17) is 5.73 Å². The summed E-state index contributed by atoms with van der Waals surface area (Å²) in [6.07, 6.45) is 2.33. The van der Waals surface area contributed by atoms with E-state index in [0.29, 0.717) is 6.04 Å². The number of hydrogen-bond donors (Lipinski definition) is 1. The topological polar surface area (TPSA) is 32.5 Å². The maximum atomic E-state index is 14.2. The predicted molar refractivity (Wildman–Crippen MR) is 81.1 cm³/mol. The van der Waals surface area contributed by atoms with Gasteiger partial charge < -0.3 is 10.6 Å². The van der Waals surface area contributed by atoms with Crippen LogP contribution < -0.4 is 5.73 Å². The van der Waals surface area contributed by atoms with Crippen molar-refractivity contribution in [3.63, 3.8) is 0 Å². The fourth-order valence-corrected chi connectivity index (χ4v) is 3.32. The highest BCUT2D eigenvalue weighted by atomic mass is 19.1. The second kappa shape index (κ2) is 6.66. The largest absolute Gasteiger partial charge is 0.326 e. The molecule has 1 saturated heterocycles. The van der Waals surface area contributed by atoms with Gasteiger partial charge in [-0.15, -0.1) is 0 Å². The molecule has 0 saturated carbocycles. The van der Waals surface area contributed by atoms with Crippen molar-refractivity contribution >= 4 is 0 Å². The molecule has 0 amide bonds. The number of likely N-dealkylation sites (tertiary alicyclic amines) is 1. The van der Waals surface area contributed by atoms with Crippen LogP contribution in [0.5, 0.6) is 0 Å². The second-order valence-electron chi connectivity index (χ2n) is 6.12. The van der Waals surface area contributed by atoms with Crippen LogP contribution in [0.15, 0.2) is 24.3 Å². The van der Waals surface area contributed by atoms with Crippen molar-refractivity contribution in [1.29, 1.82) is 0 Å². The fourth-order valence-electron chi connectivity index (χ4n) is 3.32. The Hall–Kier alpha value is -0.970. The zero-order valence-electron chi connectivity index (χ0n) is 12.7. The van der Waals surface area contributed by atoms with Crippen LogP contribution in [-0.2, 0) is 0 Å². The molecule has 2 rings (SSSR count). The molecule has 3 atom stereocenters. The third-order valence-electron chi connectivity index (χ3n) is 4.08. The molecule has 1 heterocycles. The van der Waals surface area contributed by atoms with Gasteiger partial charge in [-0.25, -0.2) is 4.39 Å². The van der Waals surface area contributed by atoms with Crippen LogP contribution in [0.4, 0.5) is 4.39 Å². The molecule has 0 radical (unpaired) electrons. The molecule has 2 N–H and O–H groups in total. The summed E-state index contributed by atoms with van der Waals surface area (Å²) >= 11 is 0. The number of hydrogen-bond acceptors (Lipinski definition) is 3. The maximum Gasteiger partial charge on any atom is 0.128 e. The SMILES string of the molecule is CC(N)C(c1ccccc1F)N1CCCC1CN(C)C. The van der Waals surface area contributed by atoms with Crippen LogP contribution in [-0.4, -0.2) is 49.1 Å². The van der Waals surface area contributed by atoms with Crippen LogP contribution in [0, 0.1) is 5.82 Å². The highest BCUT2D eigenvalue weighted by Crippen LogP contribution is 2.32. The quantitative estimate of drug-likeness (QED) is 0.897. The number of nitrogens with two attached hydrogens (primary N) is 1. The van der Waals surface area contributed by atoms with Gasteiger partial charge in [0.1, 0.15) is 5.82 Å². The standard InChI is InChI=1S/C16H26FN3/c1-12(18)16(14-8-4-5-9-15(14)17)20-10-6-7-13(20)11-19(2)3/h4-5,8-9,12-13,16H,6-7,10-11,18H2,1-3H3. The van der Waals surface area contributed by atoms with E-state index in [1.807, 2.05) is 19.1 Å². The van der Waals surface area contributed by atoms with Gasteiger partial charge >= 0.3 is 0 Å². The Kier molecular flexibility index (Phi) is 5.13. The fraction of sp³-hybridized carbons (Fsp3) is 0.625. The molecule has 1 aliphatic heterocycles. The van der Waals surface area contributed by atoms with Gasteiger partial charge in [0.25, 0.3) is 0 Å². The smallest absolute Gasteiger partial charge is 0.128 e. The van der Waals surface area contributed by atoms with Gasteiger partial charge in [-0.3, -0.25) is 4.90 Å². The first-order valence-corrected chi connectivity index (χ1v) is 7.41. The van der Waals surface area contributed by atoms with Gasteiger partial charge in [-0.2, -0.15) is 0 Å². The third-order valence-corrected chi connectivity index (χ3v) is 4.08. The zero-order chi connectivity index (χ0) is 14.7. The van der Waals surface area contributed by atoms with Crippen LogP contribution in [0.2, 0.25) is 0 Å². The average Bonchev–Trinajstić information content (AvgIpc) is 2.79. The Bertz CT molecular complexity index is 433. The Morgan fingerprint density at radius 2 is 2.10 bits per heavy atom. The molecule has 0 spiro atoms. The minimum absolute atomic E-state index is 0.0383. The van der Waals surface area contributed by atoms with Crippen LogP contribution in [0.25, 0.3) is 0 Å². The summed E-state index contributed by atoms with van der Waals surface area (Å²) in [5.74, 6) is -0.148. The molecule has 1 aliphatic rings. The molecular weight excluding hydrogens is 253 g/mol. The van der Waals surface area contributed by atoms with E-state index in [9.17, 15) is 4.39 Å². The summed E-state index contributed by atoms with van der Waals surface area (Å²) in [5.41, 5.74) is 6.92. The lowest BCUT2D eigenvalue weighted by molar-refractivity contribution is 0.134. The van der Waals surface area contributed by atoms with Crippen LogP contribution >= 0.6 is 0 Å². The summed E-state index contributed by atoms with van der Waals surface area (Å²) in [4.78, 5) is 4.59. The van der Waals surface area contributed by atoms with Crippen molar-refractivity contribution in [2.45, 2.75) is 37.9 Å². The Morgan fingerprint density at radius 3 is 2.70 bits per heavy atom. The first-order valence-electron chi connectivity index (χ1n) is 7.41. The van der Waals surface area contributed by atoms with Crippen molar-refractivity contribution in [3.05, 3.63) is 35.6 Å². The minimum Gasteiger partial charge on any atom is -0.326 e. The van der Waals surface area contributed by atoms with Crippen molar-refractivity contribution in [1.82, 2.24) is 9.80 Å². The van der Waals surface area contributed by atoms with E-state index in [2.05, 4.69) is 23.9 Å². The first-order chi connectivity index (χ1) is 9.50. The molecule has 0 bridgehead atoms. The molecule has 1 fully saturated rings. The highest BCUT2D eigenvalue weighted by Gasteiger charge is 2.34. The lowest BCUT2D eigenvalue weighted by Gasteiger charge is -2.37. The predicted octanol–water partition coefficient (Wildman–Crippen LogP) is 2.24. The van der Waals surface area contributed by atoms with E-state index in [0.717, 1.165) is 31.5 Å². The molecule has 0 aliphatic carbocycles. The molecule has 3 unspecified atom stereocenters. The van der Waals surface area contributed by atoms with Gasteiger partial charge in [0, 0.05) is 24.2 Å². The van der Waals surface area contributed by atoms with E-state index in [1.165, 1.54) is 6.07 Å². The lowest BCUT2D eigenvalue weighted by Crippen LogP contribution is -2.45. The normalized spacial score (nSPS) is 23.2. The lowest BCUT2D eigenvalue weighted by atomic mass is 9.97. The second-order valence-corrected chi connectivity index (χ2v) is 6.12. The molecule has 20 heavy (non-hydrogen) atoms. The zero-order valence-corrected chi connectivity index (χ0v) is 12.7. The van der Waals surface area contributed by atoms with E-state index in [1.54, 1.807) is 6.07 Å². The van der Waals surface area contributed by atoms with Gasteiger partial charge in [-0.1, -0.05) is 18.2 Å². The monoisotopic (exact) mass is 279 g/mol. The molecular formula is C16H26FN3. The number of halogens is 1. The van der Waals surface area contributed by atoms with Gasteiger partial charge in [-0.05, 0) is 46.5 Å². The van der Waals surface area contributed by atoms with Gasteiger partial charge in [0.15, 0.2) is 0 Å². The van der Waals surface area contributed by atoms with E-state index in [-0.39, 0.29) is 17.9 Å². The number of nitrogens with zero attached hydrogens (tertiary/aromatic N) is 2. The highest BCUT2D eigenvalue weighted by molar-refractivity contribution is 5.23. The first kappa shape index (κ1) is 15.4. The molecule has 3 nitrogen and oxygen atoms in total. The Morgan fingerprint density at radius 1 is 1.40 bits per heavy atom. The maximum absolute atomic E-state index is 14.2. The number of rotatable bonds is 5. The van der Waals surface area contributed by atoms with Crippen LogP contribution in [0.1, 0.15) is 31.4 Å². The Labute approximate surface area is 121 Å². The number of benzene rings is 1. The third kappa shape index (κ3) is 3.37. The van der Waals surface area contributed by atoms with Crippen molar-refractivity contribution in [2.24, 2.45) is 5.73 Å². The van der Waals surface area contributed by atoms with E-state index >= 15 is 0 Å². The molecule has 0 aromatic heterocycles. The van der Waals surface area contributed by atoms with E-state index < -0.39 is 0 Å². The van der Waals surface area contributed by atoms with Gasteiger partial charge in [0.2, 0.25) is 0 Å². The molecule has 4 heteroatoms. The van der Waals surface area contributed by atoms with Gasteiger partial charge in [0.05, 0.1) is 6.04 Å². The summed E-state index contributed by atoms with van der Waals surface area (Å²) in [5, 5.41) is 0. The summed E-state index contributed by atoms with van der Waals surface area (Å²) in [7, 11) is 4.17. The van der Waals surface area contributed by atoms with Crippen molar-refractivity contribution in [3.8, 4) is 0 Å². The minimum atomic E-state index is -0.148. The Balaban J connectivity index is 2.27. The van der Waals surface area contributed by atoms with Crippen molar-refractivity contribution in [2.75, 3.05) is 27.2 Å². The molecule has 112 valence electrons. The van der Waals surface area contributed by atoms with Crippen molar-refractivity contribution < 1.29 is 4.39 Å². The summed E-state index contributed by atoms with van der Waals surface area (Å²) < 4.78 is 14.2. The van der Waals surface area contributed by atoms with Crippen LogP contribution in [0.3, 0.4) is 0 Å². The molecule has 1 aromatic carbocycles. The number of likely N-dealkylation sites (N-methyl/N-ethyl adjacent to an activating group) is 1. The summed E-state index contributed by atoms with van der Waals surface area (Å²) in [6, 6.07) is 7.36. The average molecular weight is 279 g/mol. The molecule has 1 aromatic rings.